The molecule has 1 amide bonds. The van der Waals surface area contributed by atoms with Crippen LogP contribution in [0.2, 0.25) is 0 Å². The summed E-state index contributed by atoms with van der Waals surface area (Å²) in [5.74, 6) is 0.417. The van der Waals surface area contributed by atoms with Crippen LogP contribution in [0.25, 0.3) is 0 Å². The average Bonchev–Trinajstić information content (AvgIpc) is 3.55. The van der Waals surface area contributed by atoms with E-state index in [1.54, 1.807) is 12.1 Å². The van der Waals surface area contributed by atoms with Crippen molar-refractivity contribution in [2.45, 2.75) is 31.3 Å². The molecule has 1 unspecified atom stereocenters. The maximum atomic E-state index is 13.5. The Morgan fingerprint density at radius 1 is 1.00 bits per heavy atom. The molecule has 4 aromatic rings. The molecule has 0 bridgehead atoms. The highest BCUT2D eigenvalue weighted by Gasteiger charge is 2.34. The van der Waals surface area contributed by atoms with Crippen molar-refractivity contribution in [2.24, 2.45) is 0 Å². The van der Waals surface area contributed by atoms with Crippen LogP contribution in [0.4, 0.5) is 9.52 Å². The monoisotopic (exact) mass is 472 g/mol. The van der Waals surface area contributed by atoms with Crippen LogP contribution in [0, 0.1) is 5.82 Å². The molecular formula is C27H25FN4OS. The molecule has 1 aliphatic rings. The van der Waals surface area contributed by atoms with Gasteiger partial charge in [0.25, 0.3) is 0 Å². The first-order valence-electron chi connectivity index (χ1n) is 11.4. The van der Waals surface area contributed by atoms with Crippen molar-refractivity contribution in [1.29, 1.82) is 0 Å². The lowest BCUT2D eigenvalue weighted by molar-refractivity contribution is -0.122. The molecule has 0 spiro atoms. The van der Waals surface area contributed by atoms with Gasteiger partial charge in [-0.05, 0) is 41.7 Å². The van der Waals surface area contributed by atoms with Crippen molar-refractivity contribution in [3.05, 3.63) is 113 Å². The summed E-state index contributed by atoms with van der Waals surface area (Å²) >= 11 is 1.31. The van der Waals surface area contributed by atoms with Gasteiger partial charge in [-0.15, -0.1) is 0 Å². The summed E-state index contributed by atoms with van der Waals surface area (Å²) in [5, 5.41) is 4.04. The third-order valence-electron chi connectivity index (χ3n) is 6.09. The molecule has 1 fully saturated rings. The summed E-state index contributed by atoms with van der Waals surface area (Å²) in [5.41, 5.74) is 3.04. The van der Waals surface area contributed by atoms with Gasteiger partial charge in [-0.3, -0.25) is 4.79 Å². The predicted molar refractivity (Wildman–Crippen MR) is 132 cm³/mol. The molecule has 1 aliphatic heterocycles. The first-order chi connectivity index (χ1) is 16.7. The van der Waals surface area contributed by atoms with E-state index in [0.717, 1.165) is 41.2 Å². The smallest absolute Gasteiger partial charge is 0.243 e. The molecule has 5 nitrogen and oxygen atoms in total. The summed E-state index contributed by atoms with van der Waals surface area (Å²) in [7, 11) is 0. The Hall–Kier alpha value is -3.58. The number of nitrogens with zero attached hydrogens (tertiary/aromatic N) is 3. The fourth-order valence-electron chi connectivity index (χ4n) is 4.37. The summed E-state index contributed by atoms with van der Waals surface area (Å²) < 4.78 is 17.7. The Morgan fingerprint density at radius 3 is 2.29 bits per heavy atom. The zero-order valence-electron chi connectivity index (χ0n) is 18.6. The first kappa shape index (κ1) is 22.2. The number of anilines is 1. The Kier molecular flexibility index (Phi) is 6.62. The molecule has 0 aliphatic carbocycles. The molecule has 2 heterocycles. The standard InChI is InChI=1S/C27H25FN4OS/c28-22-15-13-19(14-16-22)18-24-29-27(34-31-24)32-17-7-12-23(32)26(33)30-25(20-8-3-1-4-9-20)21-10-5-2-6-11-21/h1-6,8-11,13-16,23,25H,7,12,17-18H2,(H,30,33). The number of aromatic nitrogens is 2. The minimum Gasteiger partial charge on any atom is -0.343 e. The fourth-order valence-corrected chi connectivity index (χ4v) is 5.14. The Balaban J connectivity index is 1.32. The van der Waals surface area contributed by atoms with Gasteiger partial charge in [-0.25, -0.2) is 9.37 Å². The van der Waals surface area contributed by atoms with Gasteiger partial charge in [0, 0.05) is 24.5 Å². The number of carbonyl (C=O) groups excluding carboxylic acids is 1. The van der Waals surface area contributed by atoms with E-state index < -0.39 is 0 Å². The summed E-state index contributed by atoms with van der Waals surface area (Å²) in [6, 6.07) is 25.9. The molecular weight excluding hydrogens is 447 g/mol. The lowest BCUT2D eigenvalue weighted by Gasteiger charge is -2.26. The molecule has 7 heteroatoms. The van der Waals surface area contributed by atoms with E-state index in [2.05, 4.69) is 14.6 Å². The second-order valence-electron chi connectivity index (χ2n) is 8.41. The van der Waals surface area contributed by atoms with Crippen LogP contribution in [0.15, 0.2) is 84.9 Å². The number of carbonyl (C=O) groups is 1. The van der Waals surface area contributed by atoms with Crippen LogP contribution in [0.3, 0.4) is 0 Å². The van der Waals surface area contributed by atoms with Crippen molar-refractivity contribution in [3.8, 4) is 0 Å². The van der Waals surface area contributed by atoms with Gasteiger partial charge in [0.2, 0.25) is 11.0 Å². The van der Waals surface area contributed by atoms with E-state index in [-0.39, 0.29) is 23.8 Å². The van der Waals surface area contributed by atoms with E-state index in [9.17, 15) is 9.18 Å². The number of hydrogen-bond acceptors (Lipinski definition) is 5. The number of halogens is 1. The minimum atomic E-state index is -0.290. The third-order valence-corrected chi connectivity index (χ3v) is 6.88. The van der Waals surface area contributed by atoms with E-state index in [1.165, 1.54) is 23.7 Å². The van der Waals surface area contributed by atoms with Gasteiger partial charge >= 0.3 is 0 Å². The summed E-state index contributed by atoms with van der Waals surface area (Å²) in [4.78, 5) is 20.2. The van der Waals surface area contributed by atoms with Crippen molar-refractivity contribution < 1.29 is 9.18 Å². The minimum absolute atomic E-state index is 0.00880. The van der Waals surface area contributed by atoms with Crippen molar-refractivity contribution in [2.75, 3.05) is 11.4 Å². The molecule has 34 heavy (non-hydrogen) atoms. The number of nitrogens with one attached hydrogen (secondary N) is 1. The van der Waals surface area contributed by atoms with Gasteiger partial charge in [-0.1, -0.05) is 72.8 Å². The zero-order valence-corrected chi connectivity index (χ0v) is 19.4. The van der Waals surface area contributed by atoms with Crippen molar-refractivity contribution in [3.63, 3.8) is 0 Å². The topological polar surface area (TPSA) is 58.1 Å². The van der Waals surface area contributed by atoms with Crippen molar-refractivity contribution >= 4 is 22.6 Å². The predicted octanol–water partition coefficient (Wildman–Crippen LogP) is 5.14. The highest BCUT2D eigenvalue weighted by atomic mass is 32.1. The quantitative estimate of drug-likeness (QED) is 0.405. The van der Waals surface area contributed by atoms with Gasteiger partial charge in [0.15, 0.2) is 0 Å². The molecule has 1 N–H and O–H groups in total. The SMILES string of the molecule is O=C(NC(c1ccccc1)c1ccccc1)C1CCCN1c1nc(Cc2ccc(F)cc2)ns1. The summed E-state index contributed by atoms with van der Waals surface area (Å²) in [6.45, 7) is 0.768. The maximum absolute atomic E-state index is 13.5. The van der Waals surface area contributed by atoms with Gasteiger partial charge in [0.05, 0.1) is 6.04 Å². The van der Waals surface area contributed by atoms with Crippen molar-refractivity contribution in [1.82, 2.24) is 14.7 Å². The lowest BCUT2D eigenvalue weighted by Crippen LogP contribution is -2.44. The molecule has 0 saturated carbocycles. The number of rotatable bonds is 7. The Labute approximate surface area is 202 Å². The normalized spacial score (nSPS) is 15.6. The van der Waals surface area contributed by atoms with E-state index in [4.69, 9.17) is 4.98 Å². The molecule has 5 rings (SSSR count). The van der Waals surface area contributed by atoms with E-state index in [1.807, 2.05) is 60.7 Å². The molecule has 172 valence electrons. The number of amides is 1. The Morgan fingerprint density at radius 2 is 1.65 bits per heavy atom. The van der Waals surface area contributed by atoms with Gasteiger partial charge in [-0.2, -0.15) is 4.37 Å². The molecule has 0 radical (unpaired) electrons. The van der Waals surface area contributed by atoms with Crippen LogP contribution < -0.4 is 10.2 Å². The molecule has 1 saturated heterocycles. The number of hydrogen-bond donors (Lipinski definition) is 1. The second kappa shape index (κ2) is 10.1. The molecule has 1 aromatic heterocycles. The third kappa shape index (κ3) is 4.99. The van der Waals surface area contributed by atoms with Crippen LogP contribution in [-0.4, -0.2) is 27.9 Å². The van der Waals surface area contributed by atoms with E-state index >= 15 is 0 Å². The maximum Gasteiger partial charge on any atom is 0.243 e. The van der Waals surface area contributed by atoms with Crippen LogP contribution in [-0.2, 0) is 11.2 Å². The lowest BCUT2D eigenvalue weighted by atomic mass is 9.98. The molecule has 1 atom stereocenters. The summed E-state index contributed by atoms with van der Waals surface area (Å²) in [6.07, 6.45) is 2.23. The average molecular weight is 473 g/mol. The van der Waals surface area contributed by atoms with Gasteiger partial charge < -0.3 is 10.2 Å². The number of benzene rings is 3. The van der Waals surface area contributed by atoms with Crippen LogP contribution >= 0.6 is 11.5 Å². The zero-order chi connectivity index (χ0) is 23.3. The highest BCUT2D eigenvalue weighted by molar-refractivity contribution is 7.09. The van der Waals surface area contributed by atoms with E-state index in [0.29, 0.717) is 12.2 Å². The fraction of sp³-hybridized carbons (Fsp3) is 0.222. The van der Waals surface area contributed by atoms with Crippen LogP contribution in [0.1, 0.15) is 41.4 Å². The Bertz CT molecular complexity index is 1190. The first-order valence-corrected chi connectivity index (χ1v) is 12.2. The van der Waals surface area contributed by atoms with Crippen LogP contribution in [0.5, 0.6) is 0 Å². The molecule has 3 aromatic carbocycles. The largest absolute Gasteiger partial charge is 0.343 e. The highest BCUT2D eigenvalue weighted by Crippen LogP contribution is 2.29. The second-order valence-corrected chi connectivity index (χ2v) is 9.14. The van der Waals surface area contributed by atoms with Gasteiger partial charge in [0.1, 0.15) is 17.7 Å².